The standard InChI is InChI=1S/C11H25NO/c1-4-7-12(9-10-13)8-6-11(3)5-2/h11,13H,4-10H2,1-3H3/t11-/m1/s1. The van der Waals surface area contributed by atoms with Gasteiger partial charge in [-0.05, 0) is 31.8 Å². The minimum Gasteiger partial charge on any atom is -0.395 e. The molecule has 0 aliphatic rings. The van der Waals surface area contributed by atoms with Crippen LogP contribution in [-0.4, -0.2) is 36.2 Å². The summed E-state index contributed by atoms with van der Waals surface area (Å²) in [6, 6.07) is 0. The topological polar surface area (TPSA) is 23.5 Å². The van der Waals surface area contributed by atoms with E-state index in [1.165, 1.54) is 19.3 Å². The summed E-state index contributed by atoms with van der Waals surface area (Å²) in [5.41, 5.74) is 0. The van der Waals surface area contributed by atoms with E-state index in [-0.39, 0.29) is 0 Å². The smallest absolute Gasteiger partial charge is 0.0558 e. The van der Waals surface area contributed by atoms with Crippen LogP contribution < -0.4 is 0 Å². The molecule has 0 aromatic heterocycles. The lowest BCUT2D eigenvalue weighted by atomic mass is 10.1. The van der Waals surface area contributed by atoms with Crippen molar-refractivity contribution in [2.45, 2.75) is 40.0 Å². The summed E-state index contributed by atoms with van der Waals surface area (Å²) >= 11 is 0. The van der Waals surface area contributed by atoms with Crippen molar-refractivity contribution in [3.05, 3.63) is 0 Å². The first-order chi connectivity index (χ1) is 6.24. The molecule has 1 atom stereocenters. The van der Waals surface area contributed by atoms with Crippen molar-refractivity contribution in [3.8, 4) is 0 Å². The number of aliphatic hydroxyl groups excluding tert-OH is 1. The van der Waals surface area contributed by atoms with Crippen LogP contribution in [0.5, 0.6) is 0 Å². The van der Waals surface area contributed by atoms with Crippen molar-refractivity contribution in [1.82, 2.24) is 4.90 Å². The molecule has 0 unspecified atom stereocenters. The van der Waals surface area contributed by atoms with E-state index in [0.717, 1.165) is 25.6 Å². The maximum absolute atomic E-state index is 8.84. The van der Waals surface area contributed by atoms with Gasteiger partial charge in [-0.1, -0.05) is 27.2 Å². The van der Waals surface area contributed by atoms with E-state index in [2.05, 4.69) is 25.7 Å². The average molecular weight is 187 g/mol. The minimum atomic E-state index is 0.292. The molecule has 80 valence electrons. The third kappa shape index (κ3) is 7.03. The number of nitrogens with zero attached hydrogens (tertiary/aromatic N) is 1. The molecule has 0 aromatic carbocycles. The van der Waals surface area contributed by atoms with Gasteiger partial charge >= 0.3 is 0 Å². The van der Waals surface area contributed by atoms with Crippen LogP contribution in [0.1, 0.15) is 40.0 Å². The maximum Gasteiger partial charge on any atom is 0.0558 e. The second kappa shape index (κ2) is 8.52. The van der Waals surface area contributed by atoms with E-state index in [0.29, 0.717) is 6.61 Å². The zero-order chi connectivity index (χ0) is 10.1. The highest BCUT2D eigenvalue weighted by atomic mass is 16.3. The van der Waals surface area contributed by atoms with Gasteiger partial charge in [0.15, 0.2) is 0 Å². The Bertz CT molecular complexity index is 100. The van der Waals surface area contributed by atoms with Gasteiger partial charge in [-0.15, -0.1) is 0 Å². The van der Waals surface area contributed by atoms with Crippen LogP contribution in [0, 0.1) is 5.92 Å². The molecule has 0 saturated carbocycles. The molecule has 0 aliphatic carbocycles. The molecule has 0 saturated heterocycles. The molecule has 0 aromatic rings. The Morgan fingerprint density at radius 3 is 2.31 bits per heavy atom. The van der Waals surface area contributed by atoms with Crippen molar-refractivity contribution >= 4 is 0 Å². The van der Waals surface area contributed by atoms with Crippen LogP contribution in [0.4, 0.5) is 0 Å². The van der Waals surface area contributed by atoms with E-state index in [1.54, 1.807) is 0 Å². The Hall–Kier alpha value is -0.0800. The van der Waals surface area contributed by atoms with Gasteiger partial charge in [0, 0.05) is 6.54 Å². The lowest BCUT2D eigenvalue weighted by molar-refractivity contribution is 0.187. The van der Waals surface area contributed by atoms with Crippen LogP contribution in [0.3, 0.4) is 0 Å². The van der Waals surface area contributed by atoms with E-state index in [1.807, 2.05) is 0 Å². The molecule has 0 aliphatic heterocycles. The van der Waals surface area contributed by atoms with Gasteiger partial charge in [0.05, 0.1) is 6.61 Å². The summed E-state index contributed by atoms with van der Waals surface area (Å²) in [6.07, 6.45) is 3.70. The fourth-order valence-corrected chi connectivity index (χ4v) is 1.40. The first kappa shape index (κ1) is 12.9. The highest BCUT2D eigenvalue weighted by Crippen LogP contribution is 2.07. The van der Waals surface area contributed by atoms with Gasteiger partial charge in [-0.3, -0.25) is 0 Å². The van der Waals surface area contributed by atoms with Gasteiger partial charge in [-0.2, -0.15) is 0 Å². The Morgan fingerprint density at radius 1 is 1.15 bits per heavy atom. The van der Waals surface area contributed by atoms with Crippen LogP contribution in [0.15, 0.2) is 0 Å². The monoisotopic (exact) mass is 187 g/mol. The molecule has 0 fully saturated rings. The highest BCUT2D eigenvalue weighted by Gasteiger charge is 2.05. The molecule has 2 heteroatoms. The van der Waals surface area contributed by atoms with Crippen molar-refractivity contribution in [2.75, 3.05) is 26.2 Å². The maximum atomic E-state index is 8.84. The second-order valence-electron chi connectivity index (χ2n) is 3.87. The van der Waals surface area contributed by atoms with Crippen LogP contribution in [-0.2, 0) is 0 Å². The minimum absolute atomic E-state index is 0.292. The summed E-state index contributed by atoms with van der Waals surface area (Å²) < 4.78 is 0. The van der Waals surface area contributed by atoms with Gasteiger partial charge in [-0.25, -0.2) is 0 Å². The normalized spacial score (nSPS) is 13.6. The fourth-order valence-electron chi connectivity index (χ4n) is 1.40. The molecule has 2 nitrogen and oxygen atoms in total. The van der Waals surface area contributed by atoms with E-state index < -0.39 is 0 Å². The second-order valence-corrected chi connectivity index (χ2v) is 3.87. The first-order valence-electron chi connectivity index (χ1n) is 5.57. The highest BCUT2D eigenvalue weighted by molar-refractivity contribution is 4.59. The molecular formula is C11H25NO. The third-order valence-electron chi connectivity index (χ3n) is 2.59. The average Bonchev–Trinajstić information content (AvgIpc) is 2.14. The lowest BCUT2D eigenvalue weighted by Gasteiger charge is -2.21. The fraction of sp³-hybridized carbons (Fsp3) is 1.00. The van der Waals surface area contributed by atoms with Gasteiger partial charge < -0.3 is 10.0 Å². The predicted octanol–water partition coefficient (Wildman–Crippen LogP) is 2.13. The number of hydrogen-bond acceptors (Lipinski definition) is 2. The van der Waals surface area contributed by atoms with Gasteiger partial charge in [0.1, 0.15) is 0 Å². The molecule has 0 heterocycles. The Labute approximate surface area is 82.9 Å². The van der Waals surface area contributed by atoms with E-state index in [9.17, 15) is 0 Å². The summed E-state index contributed by atoms with van der Waals surface area (Å²) in [6.45, 7) is 10.1. The molecular weight excluding hydrogens is 162 g/mol. The lowest BCUT2D eigenvalue weighted by Crippen LogP contribution is -2.29. The Balaban J connectivity index is 3.55. The quantitative estimate of drug-likeness (QED) is 0.629. The van der Waals surface area contributed by atoms with Crippen LogP contribution in [0.25, 0.3) is 0 Å². The molecule has 0 rings (SSSR count). The predicted molar refractivity (Wildman–Crippen MR) is 57.9 cm³/mol. The first-order valence-corrected chi connectivity index (χ1v) is 5.57. The summed E-state index contributed by atoms with van der Waals surface area (Å²) in [4.78, 5) is 2.35. The van der Waals surface area contributed by atoms with Gasteiger partial charge in [0.25, 0.3) is 0 Å². The number of hydrogen-bond donors (Lipinski definition) is 1. The van der Waals surface area contributed by atoms with E-state index >= 15 is 0 Å². The number of rotatable bonds is 8. The molecule has 0 spiro atoms. The van der Waals surface area contributed by atoms with E-state index in [4.69, 9.17) is 5.11 Å². The summed E-state index contributed by atoms with van der Waals surface area (Å²) in [7, 11) is 0. The van der Waals surface area contributed by atoms with Crippen molar-refractivity contribution < 1.29 is 5.11 Å². The molecule has 0 amide bonds. The Kier molecular flexibility index (Phi) is 8.46. The van der Waals surface area contributed by atoms with Gasteiger partial charge in [0.2, 0.25) is 0 Å². The van der Waals surface area contributed by atoms with Crippen LogP contribution in [0.2, 0.25) is 0 Å². The largest absolute Gasteiger partial charge is 0.395 e. The molecule has 0 bridgehead atoms. The van der Waals surface area contributed by atoms with Crippen molar-refractivity contribution in [3.63, 3.8) is 0 Å². The van der Waals surface area contributed by atoms with Crippen LogP contribution >= 0.6 is 0 Å². The molecule has 1 N–H and O–H groups in total. The Morgan fingerprint density at radius 2 is 1.85 bits per heavy atom. The summed E-state index contributed by atoms with van der Waals surface area (Å²) in [5, 5.41) is 8.84. The SMILES string of the molecule is CCCN(CCO)CC[C@H](C)CC. The number of aliphatic hydroxyl groups is 1. The zero-order valence-electron chi connectivity index (χ0n) is 9.42. The third-order valence-corrected chi connectivity index (χ3v) is 2.59. The zero-order valence-corrected chi connectivity index (χ0v) is 9.42. The van der Waals surface area contributed by atoms with Crippen molar-refractivity contribution in [1.29, 1.82) is 0 Å². The van der Waals surface area contributed by atoms with Crippen molar-refractivity contribution in [2.24, 2.45) is 5.92 Å². The molecule has 13 heavy (non-hydrogen) atoms. The molecule has 0 radical (unpaired) electrons. The summed E-state index contributed by atoms with van der Waals surface area (Å²) in [5.74, 6) is 0.818.